The van der Waals surface area contributed by atoms with E-state index in [0.29, 0.717) is 11.4 Å². The number of imidazole rings is 1. The zero-order valence-electron chi connectivity index (χ0n) is 9.61. The number of nitrogens with one attached hydrogen (secondary N) is 1. The van der Waals surface area contributed by atoms with Crippen LogP contribution in [0, 0.1) is 6.92 Å². The van der Waals surface area contributed by atoms with Crippen molar-refractivity contribution in [1.29, 1.82) is 0 Å². The number of hydrogen-bond donors (Lipinski definition) is 1. The second-order valence-corrected chi connectivity index (χ2v) is 3.73. The van der Waals surface area contributed by atoms with Gasteiger partial charge in [-0.05, 0) is 13.3 Å². The fourth-order valence-electron chi connectivity index (χ4n) is 1.63. The first-order valence-corrected chi connectivity index (χ1v) is 5.20. The summed E-state index contributed by atoms with van der Waals surface area (Å²) in [6, 6.07) is 0. The molecule has 2 rings (SSSR count). The summed E-state index contributed by atoms with van der Waals surface area (Å²) < 4.78 is 1.83. The molecule has 0 amide bonds. The third-order valence-corrected chi connectivity index (χ3v) is 2.65. The minimum absolute atomic E-state index is 0.0805. The molecule has 0 saturated carbocycles. The lowest BCUT2D eigenvalue weighted by Crippen LogP contribution is -2.16. The van der Waals surface area contributed by atoms with Crippen LogP contribution in [-0.2, 0) is 13.5 Å². The Hall–Kier alpha value is -1.91. The normalized spacial score (nSPS) is 10.7. The molecule has 0 saturated heterocycles. The highest BCUT2D eigenvalue weighted by atomic mass is 16.1. The molecule has 0 unspecified atom stereocenters. The monoisotopic (exact) mass is 218 g/mol. The molecule has 0 aliphatic rings. The third kappa shape index (κ3) is 1.64. The molecule has 0 atom stereocenters. The molecule has 5 heteroatoms. The van der Waals surface area contributed by atoms with Gasteiger partial charge in [-0.3, -0.25) is 4.79 Å². The van der Waals surface area contributed by atoms with E-state index in [1.807, 2.05) is 18.5 Å². The van der Waals surface area contributed by atoms with Gasteiger partial charge in [0.15, 0.2) is 5.82 Å². The maximum atomic E-state index is 11.7. The molecule has 16 heavy (non-hydrogen) atoms. The Morgan fingerprint density at radius 2 is 2.25 bits per heavy atom. The van der Waals surface area contributed by atoms with Crippen molar-refractivity contribution >= 4 is 0 Å². The van der Waals surface area contributed by atoms with Crippen LogP contribution in [0.25, 0.3) is 11.5 Å². The van der Waals surface area contributed by atoms with Crippen molar-refractivity contribution in [3.63, 3.8) is 0 Å². The Labute approximate surface area is 93.2 Å². The molecule has 0 bridgehead atoms. The van der Waals surface area contributed by atoms with Gasteiger partial charge in [-0.25, -0.2) is 9.97 Å². The Morgan fingerprint density at radius 1 is 1.50 bits per heavy atom. The lowest BCUT2D eigenvalue weighted by molar-refractivity contribution is 0.889. The number of aryl methyl sites for hydroxylation is 2. The van der Waals surface area contributed by atoms with Crippen LogP contribution < -0.4 is 5.56 Å². The van der Waals surface area contributed by atoms with E-state index in [0.717, 1.165) is 17.8 Å². The zero-order chi connectivity index (χ0) is 11.7. The van der Waals surface area contributed by atoms with Crippen molar-refractivity contribution in [3.8, 4) is 11.5 Å². The molecule has 0 radical (unpaired) electrons. The van der Waals surface area contributed by atoms with E-state index in [-0.39, 0.29) is 5.56 Å². The average Bonchev–Trinajstić information content (AvgIpc) is 2.68. The number of H-pyrrole nitrogens is 1. The SMILES string of the molecule is CCc1nc(-c2cncn2C)[nH]c(=O)c1C. The van der Waals surface area contributed by atoms with Crippen molar-refractivity contribution in [2.24, 2.45) is 7.05 Å². The zero-order valence-corrected chi connectivity index (χ0v) is 9.61. The van der Waals surface area contributed by atoms with E-state index in [2.05, 4.69) is 15.0 Å². The number of aromatic nitrogens is 4. The van der Waals surface area contributed by atoms with Crippen LogP contribution in [0.2, 0.25) is 0 Å². The van der Waals surface area contributed by atoms with Gasteiger partial charge in [0.25, 0.3) is 5.56 Å². The molecular formula is C11H14N4O. The van der Waals surface area contributed by atoms with Gasteiger partial charge in [-0.2, -0.15) is 0 Å². The predicted octanol–water partition coefficient (Wildman–Crippen LogP) is 1.04. The van der Waals surface area contributed by atoms with Crippen LogP contribution in [0.4, 0.5) is 0 Å². The van der Waals surface area contributed by atoms with Gasteiger partial charge in [0.05, 0.1) is 18.2 Å². The van der Waals surface area contributed by atoms with Crippen molar-refractivity contribution in [1.82, 2.24) is 19.5 Å². The van der Waals surface area contributed by atoms with Crippen molar-refractivity contribution in [2.45, 2.75) is 20.3 Å². The van der Waals surface area contributed by atoms with Crippen molar-refractivity contribution in [3.05, 3.63) is 34.1 Å². The molecule has 0 spiro atoms. The maximum absolute atomic E-state index is 11.7. The topological polar surface area (TPSA) is 63.6 Å². The molecule has 0 aromatic carbocycles. The van der Waals surface area contributed by atoms with E-state index >= 15 is 0 Å². The smallest absolute Gasteiger partial charge is 0.254 e. The molecule has 5 nitrogen and oxygen atoms in total. The highest BCUT2D eigenvalue weighted by Gasteiger charge is 2.09. The summed E-state index contributed by atoms with van der Waals surface area (Å²) in [6.07, 6.45) is 4.12. The fourth-order valence-corrected chi connectivity index (χ4v) is 1.63. The minimum atomic E-state index is -0.0805. The summed E-state index contributed by atoms with van der Waals surface area (Å²) in [5.41, 5.74) is 2.25. The van der Waals surface area contributed by atoms with Crippen molar-refractivity contribution in [2.75, 3.05) is 0 Å². The maximum Gasteiger partial charge on any atom is 0.254 e. The second kappa shape index (κ2) is 3.92. The largest absolute Gasteiger partial charge is 0.331 e. The average molecular weight is 218 g/mol. The standard InChI is InChI=1S/C11H14N4O/c1-4-8-7(2)11(16)14-10(13-8)9-5-12-6-15(9)3/h5-6H,4H2,1-3H3,(H,13,14,16). The molecule has 2 aromatic rings. The molecule has 0 fully saturated rings. The molecular weight excluding hydrogens is 204 g/mol. The Balaban J connectivity index is 2.64. The summed E-state index contributed by atoms with van der Waals surface area (Å²) in [5, 5.41) is 0. The lowest BCUT2D eigenvalue weighted by Gasteiger charge is -2.05. The first-order valence-electron chi connectivity index (χ1n) is 5.20. The van der Waals surface area contributed by atoms with E-state index in [4.69, 9.17) is 0 Å². The van der Waals surface area contributed by atoms with Gasteiger partial charge in [0, 0.05) is 12.6 Å². The first-order chi connectivity index (χ1) is 7.63. The van der Waals surface area contributed by atoms with Gasteiger partial charge < -0.3 is 9.55 Å². The van der Waals surface area contributed by atoms with Crippen LogP contribution in [0.3, 0.4) is 0 Å². The number of aromatic amines is 1. The number of nitrogens with zero attached hydrogens (tertiary/aromatic N) is 3. The van der Waals surface area contributed by atoms with Crippen molar-refractivity contribution < 1.29 is 0 Å². The summed E-state index contributed by atoms with van der Waals surface area (Å²) in [7, 11) is 1.87. The highest BCUT2D eigenvalue weighted by molar-refractivity contribution is 5.48. The van der Waals surface area contributed by atoms with Gasteiger partial charge in [-0.15, -0.1) is 0 Å². The fraction of sp³-hybridized carbons (Fsp3) is 0.364. The van der Waals surface area contributed by atoms with Gasteiger partial charge in [-0.1, -0.05) is 6.92 Å². The van der Waals surface area contributed by atoms with E-state index in [1.165, 1.54) is 0 Å². The lowest BCUT2D eigenvalue weighted by atomic mass is 10.2. The molecule has 2 heterocycles. The van der Waals surface area contributed by atoms with Crippen LogP contribution in [0.15, 0.2) is 17.3 Å². The molecule has 84 valence electrons. The van der Waals surface area contributed by atoms with E-state index in [1.54, 1.807) is 19.4 Å². The summed E-state index contributed by atoms with van der Waals surface area (Å²) in [4.78, 5) is 22.9. The van der Waals surface area contributed by atoms with Crippen LogP contribution in [-0.4, -0.2) is 19.5 Å². The predicted molar refractivity (Wildman–Crippen MR) is 61.2 cm³/mol. The quantitative estimate of drug-likeness (QED) is 0.819. The Kier molecular flexibility index (Phi) is 2.60. The number of rotatable bonds is 2. The summed E-state index contributed by atoms with van der Waals surface area (Å²) >= 11 is 0. The molecule has 2 aromatic heterocycles. The van der Waals surface area contributed by atoms with Gasteiger partial charge >= 0.3 is 0 Å². The molecule has 0 aliphatic heterocycles. The Morgan fingerprint density at radius 3 is 2.81 bits per heavy atom. The van der Waals surface area contributed by atoms with Crippen LogP contribution >= 0.6 is 0 Å². The van der Waals surface area contributed by atoms with E-state index in [9.17, 15) is 4.79 Å². The van der Waals surface area contributed by atoms with Gasteiger partial charge in [0.1, 0.15) is 5.69 Å². The van der Waals surface area contributed by atoms with Crippen LogP contribution in [0.1, 0.15) is 18.2 Å². The third-order valence-electron chi connectivity index (χ3n) is 2.65. The molecule has 1 N–H and O–H groups in total. The Bertz CT molecular complexity index is 568. The van der Waals surface area contributed by atoms with E-state index < -0.39 is 0 Å². The summed E-state index contributed by atoms with van der Waals surface area (Å²) in [5.74, 6) is 0.576. The molecule has 0 aliphatic carbocycles. The minimum Gasteiger partial charge on any atom is -0.331 e. The first kappa shape index (κ1) is 10.6. The van der Waals surface area contributed by atoms with Gasteiger partial charge in [0.2, 0.25) is 0 Å². The second-order valence-electron chi connectivity index (χ2n) is 3.73. The number of hydrogen-bond acceptors (Lipinski definition) is 3. The highest BCUT2D eigenvalue weighted by Crippen LogP contribution is 2.12. The summed E-state index contributed by atoms with van der Waals surface area (Å²) in [6.45, 7) is 3.78. The van der Waals surface area contributed by atoms with Crippen LogP contribution in [0.5, 0.6) is 0 Å².